The normalized spacial score (nSPS) is 19.6. The SMILES string of the molecule is CC(C)(C)NCc1ccc(OCC2CCCO2)nc1. The predicted molar refractivity (Wildman–Crippen MR) is 75.3 cm³/mol. The summed E-state index contributed by atoms with van der Waals surface area (Å²) < 4.78 is 11.1. The van der Waals surface area contributed by atoms with Gasteiger partial charge in [-0.05, 0) is 39.2 Å². The van der Waals surface area contributed by atoms with E-state index in [2.05, 4.69) is 37.1 Å². The number of ether oxygens (including phenoxy) is 2. The third-order valence-corrected chi connectivity index (χ3v) is 3.06. The van der Waals surface area contributed by atoms with E-state index in [1.807, 2.05) is 12.3 Å². The number of hydrogen-bond donors (Lipinski definition) is 1. The van der Waals surface area contributed by atoms with Crippen LogP contribution in [0.1, 0.15) is 39.2 Å². The molecule has 19 heavy (non-hydrogen) atoms. The van der Waals surface area contributed by atoms with Gasteiger partial charge in [0.2, 0.25) is 5.88 Å². The Balaban J connectivity index is 1.77. The van der Waals surface area contributed by atoms with Crippen LogP contribution in [0.25, 0.3) is 0 Å². The quantitative estimate of drug-likeness (QED) is 0.887. The molecule has 1 aromatic rings. The molecule has 1 aliphatic rings. The predicted octanol–water partition coefficient (Wildman–Crippen LogP) is 2.53. The van der Waals surface area contributed by atoms with Gasteiger partial charge in [0, 0.05) is 31.0 Å². The molecule has 0 spiro atoms. The Hall–Kier alpha value is -1.13. The summed E-state index contributed by atoms with van der Waals surface area (Å²) in [5.74, 6) is 0.676. The molecule has 1 unspecified atom stereocenters. The largest absolute Gasteiger partial charge is 0.475 e. The highest BCUT2D eigenvalue weighted by Gasteiger charge is 2.16. The molecule has 0 aromatic carbocycles. The molecule has 4 heteroatoms. The summed E-state index contributed by atoms with van der Waals surface area (Å²) in [6, 6.07) is 3.98. The molecule has 0 amide bonds. The van der Waals surface area contributed by atoms with Gasteiger partial charge in [-0.25, -0.2) is 4.98 Å². The lowest BCUT2D eigenvalue weighted by molar-refractivity contribution is 0.0663. The minimum Gasteiger partial charge on any atom is -0.475 e. The van der Waals surface area contributed by atoms with Gasteiger partial charge in [0.1, 0.15) is 6.61 Å². The zero-order chi connectivity index (χ0) is 13.7. The van der Waals surface area contributed by atoms with Crippen molar-refractivity contribution in [1.29, 1.82) is 0 Å². The highest BCUT2D eigenvalue weighted by molar-refractivity contribution is 5.17. The summed E-state index contributed by atoms with van der Waals surface area (Å²) in [6.07, 6.45) is 4.33. The molecule has 0 radical (unpaired) electrons. The van der Waals surface area contributed by atoms with Crippen LogP contribution in [0.5, 0.6) is 5.88 Å². The van der Waals surface area contributed by atoms with E-state index in [9.17, 15) is 0 Å². The molecule has 1 N–H and O–H groups in total. The second kappa shape index (κ2) is 6.35. The Bertz CT molecular complexity index is 378. The molecule has 1 atom stereocenters. The first kappa shape index (κ1) is 14.3. The Morgan fingerprint density at radius 3 is 2.84 bits per heavy atom. The molecule has 1 aliphatic heterocycles. The first-order chi connectivity index (χ1) is 9.03. The second-order valence-corrected chi connectivity index (χ2v) is 6.05. The molecule has 2 rings (SSSR count). The van der Waals surface area contributed by atoms with E-state index in [0.29, 0.717) is 12.5 Å². The summed E-state index contributed by atoms with van der Waals surface area (Å²) in [5, 5.41) is 3.43. The van der Waals surface area contributed by atoms with Crippen molar-refractivity contribution >= 4 is 0 Å². The van der Waals surface area contributed by atoms with Gasteiger partial charge in [-0.1, -0.05) is 6.07 Å². The van der Waals surface area contributed by atoms with Crippen molar-refractivity contribution in [3.63, 3.8) is 0 Å². The van der Waals surface area contributed by atoms with Gasteiger partial charge in [-0.2, -0.15) is 0 Å². The number of pyridine rings is 1. The smallest absolute Gasteiger partial charge is 0.213 e. The van der Waals surface area contributed by atoms with Crippen LogP contribution in [0.4, 0.5) is 0 Å². The summed E-state index contributed by atoms with van der Waals surface area (Å²) in [7, 11) is 0. The van der Waals surface area contributed by atoms with E-state index in [1.165, 1.54) is 5.56 Å². The van der Waals surface area contributed by atoms with E-state index in [-0.39, 0.29) is 11.6 Å². The van der Waals surface area contributed by atoms with E-state index in [4.69, 9.17) is 9.47 Å². The average molecular weight is 264 g/mol. The molecule has 4 nitrogen and oxygen atoms in total. The second-order valence-electron chi connectivity index (χ2n) is 6.05. The minimum absolute atomic E-state index is 0.120. The molecule has 0 bridgehead atoms. The molecular weight excluding hydrogens is 240 g/mol. The van der Waals surface area contributed by atoms with Crippen LogP contribution in [0, 0.1) is 0 Å². The minimum atomic E-state index is 0.120. The first-order valence-electron chi connectivity index (χ1n) is 6.97. The summed E-state index contributed by atoms with van der Waals surface area (Å²) in [5.41, 5.74) is 1.29. The lowest BCUT2D eigenvalue weighted by Gasteiger charge is -2.20. The Kier molecular flexibility index (Phi) is 4.77. The maximum Gasteiger partial charge on any atom is 0.213 e. The zero-order valence-electron chi connectivity index (χ0n) is 12.1. The van der Waals surface area contributed by atoms with E-state index in [1.54, 1.807) is 0 Å². The Labute approximate surface area is 115 Å². The van der Waals surface area contributed by atoms with Crippen LogP contribution < -0.4 is 10.1 Å². The van der Waals surface area contributed by atoms with Crippen LogP contribution in [-0.2, 0) is 11.3 Å². The first-order valence-corrected chi connectivity index (χ1v) is 6.97. The zero-order valence-corrected chi connectivity index (χ0v) is 12.1. The lowest BCUT2D eigenvalue weighted by atomic mass is 10.1. The van der Waals surface area contributed by atoms with Gasteiger partial charge < -0.3 is 14.8 Å². The molecule has 1 aromatic heterocycles. The summed E-state index contributed by atoms with van der Waals surface area (Å²) >= 11 is 0. The van der Waals surface area contributed by atoms with Crippen LogP contribution >= 0.6 is 0 Å². The molecule has 1 saturated heterocycles. The number of aromatic nitrogens is 1. The Morgan fingerprint density at radius 2 is 2.26 bits per heavy atom. The van der Waals surface area contributed by atoms with Crippen molar-refractivity contribution in [2.45, 2.75) is 51.8 Å². The lowest BCUT2D eigenvalue weighted by Crippen LogP contribution is -2.35. The van der Waals surface area contributed by atoms with Gasteiger partial charge in [-0.15, -0.1) is 0 Å². The van der Waals surface area contributed by atoms with Crippen molar-refractivity contribution in [2.24, 2.45) is 0 Å². The van der Waals surface area contributed by atoms with Crippen LogP contribution in [-0.4, -0.2) is 29.8 Å². The fourth-order valence-corrected chi connectivity index (χ4v) is 1.92. The molecular formula is C15H24N2O2. The Morgan fingerprint density at radius 1 is 1.42 bits per heavy atom. The van der Waals surface area contributed by atoms with Gasteiger partial charge in [0.25, 0.3) is 0 Å². The average Bonchev–Trinajstić information content (AvgIpc) is 2.87. The van der Waals surface area contributed by atoms with Crippen LogP contribution in [0.2, 0.25) is 0 Å². The topological polar surface area (TPSA) is 43.4 Å². The van der Waals surface area contributed by atoms with E-state index >= 15 is 0 Å². The molecule has 106 valence electrons. The van der Waals surface area contributed by atoms with Crippen molar-refractivity contribution in [3.05, 3.63) is 23.9 Å². The third kappa shape index (κ3) is 5.17. The van der Waals surface area contributed by atoms with Crippen LogP contribution in [0.15, 0.2) is 18.3 Å². The molecule has 2 heterocycles. The number of nitrogens with zero attached hydrogens (tertiary/aromatic N) is 1. The molecule has 0 saturated carbocycles. The van der Waals surface area contributed by atoms with Gasteiger partial charge in [0.05, 0.1) is 6.10 Å². The van der Waals surface area contributed by atoms with Crippen molar-refractivity contribution in [2.75, 3.05) is 13.2 Å². The molecule has 0 aliphatic carbocycles. The van der Waals surface area contributed by atoms with E-state index < -0.39 is 0 Å². The fraction of sp³-hybridized carbons (Fsp3) is 0.667. The standard InChI is InChI=1S/C15H24N2O2/c1-15(2,3)17-10-12-6-7-14(16-9-12)19-11-13-5-4-8-18-13/h6-7,9,13,17H,4-5,8,10-11H2,1-3H3. The highest BCUT2D eigenvalue weighted by atomic mass is 16.5. The fourth-order valence-electron chi connectivity index (χ4n) is 1.92. The number of nitrogens with one attached hydrogen (secondary N) is 1. The van der Waals surface area contributed by atoms with Crippen molar-refractivity contribution in [3.8, 4) is 5.88 Å². The van der Waals surface area contributed by atoms with E-state index in [0.717, 1.165) is 26.0 Å². The number of hydrogen-bond acceptors (Lipinski definition) is 4. The summed E-state index contributed by atoms with van der Waals surface area (Å²) in [6.45, 7) is 8.74. The maximum atomic E-state index is 5.63. The van der Waals surface area contributed by atoms with Gasteiger partial charge >= 0.3 is 0 Å². The highest BCUT2D eigenvalue weighted by Crippen LogP contribution is 2.14. The number of rotatable bonds is 5. The maximum absolute atomic E-state index is 5.63. The van der Waals surface area contributed by atoms with Crippen molar-refractivity contribution in [1.82, 2.24) is 10.3 Å². The monoisotopic (exact) mass is 264 g/mol. The van der Waals surface area contributed by atoms with Crippen LogP contribution in [0.3, 0.4) is 0 Å². The summed E-state index contributed by atoms with van der Waals surface area (Å²) in [4.78, 5) is 4.32. The van der Waals surface area contributed by atoms with Gasteiger partial charge in [0.15, 0.2) is 0 Å². The third-order valence-electron chi connectivity index (χ3n) is 3.06. The van der Waals surface area contributed by atoms with Crippen molar-refractivity contribution < 1.29 is 9.47 Å². The molecule has 1 fully saturated rings. The van der Waals surface area contributed by atoms with Gasteiger partial charge in [-0.3, -0.25) is 0 Å².